The number of carbonyl (C=O) groups excluding carboxylic acids is 1. The highest BCUT2D eigenvalue weighted by Crippen LogP contribution is 2.15. The smallest absolute Gasteiger partial charge is 0.220 e. The van der Waals surface area contributed by atoms with Crippen molar-refractivity contribution in [1.29, 1.82) is 0 Å². The van der Waals surface area contributed by atoms with E-state index in [1.807, 2.05) is 49.4 Å². The Morgan fingerprint density at radius 3 is 2.58 bits per heavy atom. The molecule has 3 nitrogen and oxygen atoms in total. The molecule has 2 aromatic rings. The van der Waals surface area contributed by atoms with Gasteiger partial charge in [-0.15, -0.1) is 0 Å². The van der Waals surface area contributed by atoms with Crippen molar-refractivity contribution >= 4 is 5.91 Å². The van der Waals surface area contributed by atoms with Crippen molar-refractivity contribution in [2.24, 2.45) is 0 Å². The van der Waals surface area contributed by atoms with Gasteiger partial charge in [0.15, 0.2) is 0 Å². The molecule has 0 aliphatic heterocycles. The summed E-state index contributed by atoms with van der Waals surface area (Å²) in [4.78, 5) is 11.7. The van der Waals surface area contributed by atoms with E-state index in [4.69, 9.17) is 4.74 Å². The van der Waals surface area contributed by atoms with Gasteiger partial charge in [0.1, 0.15) is 12.4 Å². The lowest BCUT2D eigenvalue weighted by molar-refractivity contribution is -0.120. The summed E-state index contributed by atoms with van der Waals surface area (Å²) in [7, 11) is 0. The Hall–Kier alpha value is -2.73. The van der Waals surface area contributed by atoms with Crippen LogP contribution in [0.4, 0.5) is 0 Å². The van der Waals surface area contributed by atoms with Crippen LogP contribution in [0.15, 0.2) is 54.6 Å². The number of carbonyl (C=O) groups is 1. The van der Waals surface area contributed by atoms with Crippen LogP contribution < -0.4 is 10.1 Å². The monoisotopic (exact) mass is 321 g/mol. The number of nitrogens with one attached hydrogen (secondary N) is 1. The molecule has 1 N–H and O–H groups in total. The Balaban J connectivity index is 1.57. The summed E-state index contributed by atoms with van der Waals surface area (Å²) in [5.74, 6) is 6.70. The lowest BCUT2D eigenvalue weighted by Crippen LogP contribution is -2.23. The molecule has 0 heterocycles. The zero-order valence-electron chi connectivity index (χ0n) is 14.0. The molecule has 0 atom stereocenters. The molecule has 0 bridgehead atoms. The minimum Gasteiger partial charge on any atom is -0.481 e. The zero-order chi connectivity index (χ0) is 17.0. The summed E-state index contributed by atoms with van der Waals surface area (Å²) < 4.78 is 5.57. The second kappa shape index (κ2) is 10.1. The molecular formula is C21H23NO2. The van der Waals surface area contributed by atoms with Crippen molar-refractivity contribution in [2.45, 2.75) is 26.2 Å². The molecule has 3 heteroatoms. The van der Waals surface area contributed by atoms with Gasteiger partial charge in [-0.25, -0.2) is 0 Å². The molecule has 0 saturated heterocycles. The first-order valence-corrected chi connectivity index (χ1v) is 8.20. The van der Waals surface area contributed by atoms with E-state index < -0.39 is 0 Å². The van der Waals surface area contributed by atoms with E-state index >= 15 is 0 Å². The molecule has 1 amide bonds. The Labute approximate surface area is 144 Å². The molecule has 0 aliphatic carbocycles. The second-order valence-electron chi connectivity index (χ2n) is 5.52. The maximum absolute atomic E-state index is 11.7. The molecule has 24 heavy (non-hydrogen) atoms. The third-order valence-electron chi connectivity index (χ3n) is 3.60. The highest BCUT2D eigenvalue weighted by atomic mass is 16.5. The Morgan fingerprint density at radius 2 is 1.79 bits per heavy atom. The molecule has 0 spiro atoms. The van der Waals surface area contributed by atoms with Crippen molar-refractivity contribution in [2.75, 3.05) is 13.2 Å². The van der Waals surface area contributed by atoms with Gasteiger partial charge in [-0.1, -0.05) is 60.4 Å². The molecule has 0 aliphatic rings. The Bertz CT molecular complexity index is 699. The summed E-state index contributed by atoms with van der Waals surface area (Å²) in [6, 6.07) is 18.0. The first kappa shape index (κ1) is 17.6. The summed E-state index contributed by atoms with van der Waals surface area (Å²) in [6.07, 6.45) is 2.29. The topological polar surface area (TPSA) is 38.3 Å². The SMILES string of the molecule is Cc1ccccc1OCC#CCNC(=O)CCCc1ccccc1. The van der Waals surface area contributed by atoms with Gasteiger partial charge >= 0.3 is 0 Å². The largest absolute Gasteiger partial charge is 0.481 e. The molecule has 0 radical (unpaired) electrons. The van der Waals surface area contributed by atoms with Crippen LogP contribution in [0.2, 0.25) is 0 Å². The fourth-order valence-electron chi connectivity index (χ4n) is 2.27. The number of amides is 1. The third kappa shape index (κ3) is 6.58. The summed E-state index contributed by atoms with van der Waals surface area (Å²) >= 11 is 0. The van der Waals surface area contributed by atoms with E-state index in [2.05, 4.69) is 29.3 Å². The number of aryl methyl sites for hydroxylation is 2. The minimum absolute atomic E-state index is 0.0417. The highest BCUT2D eigenvalue weighted by molar-refractivity contribution is 5.76. The number of hydrogen-bond donors (Lipinski definition) is 1. The van der Waals surface area contributed by atoms with Crippen molar-refractivity contribution in [3.63, 3.8) is 0 Å². The molecule has 2 aromatic carbocycles. The van der Waals surface area contributed by atoms with Gasteiger partial charge in [0.25, 0.3) is 0 Å². The van der Waals surface area contributed by atoms with Crippen LogP contribution >= 0.6 is 0 Å². The van der Waals surface area contributed by atoms with Gasteiger partial charge in [0.2, 0.25) is 5.91 Å². The zero-order valence-corrected chi connectivity index (χ0v) is 14.0. The third-order valence-corrected chi connectivity index (χ3v) is 3.60. The fraction of sp³-hybridized carbons (Fsp3) is 0.286. The van der Waals surface area contributed by atoms with E-state index in [0.717, 1.165) is 24.2 Å². The molecule has 0 aromatic heterocycles. The number of ether oxygens (including phenoxy) is 1. The number of para-hydroxylation sites is 1. The second-order valence-corrected chi connectivity index (χ2v) is 5.52. The van der Waals surface area contributed by atoms with E-state index in [-0.39, 0.29) is 5.91 Å². The van der Waals surface area contributed by atoms with E-state index in [1.54, 1.807) is 0 Å². The minimum atomic E-state index is 0.0417. The maximum atomic E-state index is 11.7. The number of benzene rings is 2. The molecular weight excluding hydrogens is 298 g/mol. The predicted molar refractivity (Wildman–Crippen MR) is 96.8 cm³/mol. The van der Waals surface area contributed by atoms with Crippen molar-refractivity contribution in [3.8, 4) is 17.6 Å². The fourth-order valence-corrected chi connectivity index (χ4v) is 2.27. The first-order valence-electron chi connectivity index (χ1n) is 8.20. The first-order chi connectivity index (χ1) is 11.8. The molecule has 2 rings (SSSR count). The number of rotatable bonds is 7. The van der Waals surface area contributed by atoms with Gasteiger partial charge in [0, 0.05) is 6.42 Å². The average Bonchev–Trinajstić information content (AvgIpc) is 2.60. The van der Waals surface area contributed by atoms with E-state index in [1.165, 1.54) is 5.56 Å². The molecule has 0 fully saturated rings. The quantitative estimate of drug-likeness (QED) is 0.793. The van der Waals surface area contributed by atoms with Gasteiger partial charge < -0.3 is 10.1 Å². The summed E-state index contributed by atoms with van der Waals surface area (Å²) in [5, 5.41) is 2.81. The van der Waals surface area contributed by atoms with Crippen LogP contribution in [-0.4, -0.2) is 19.1 Å². The van der Waals surface area contributed by atoms with Crippen LogP contribution in [0, 0.1) is 18.8 Å². The van der Waals surface area contributed by atoms with Crippen LogP contribution in [0.3, 0.4) is 0 Å². The van der Waals surface area contributed by atoms with Crippen molar-refractivity contribution in [1.82, 2.24) is 5.32 Å². The van der Waals surface area contributed by atoms with Gasteiger partial charge in [-0.05, 0) is 37.0 Å². The van der Waals surface area contributed by atoms with Gasteiger partial charge in [-0.2, -0.15) is 0 Å². The van der Waals surface area contributed by atoms with Crippen molar-refractivity contribution < 1.29 is 9.53 Å². The molecule has 124 valence electrons. The standard InChI is InChI=1S/C21H23NO2/c1-18-10-5-6-14-20(18)24-17-8-7-16-22-21(23)15-9-13-19-11-3-2-4-12-19/h2-6,10-12,14H,9,13,15-17H2,1H3,(H,22,23). The Kier molecular flexibility index (Phi) is 7.43. The van der Waals surface area contributed by atoms with E-state index in [9.17, 15) is 4.79 Å². The highest BCUT2D eigenvalue weighted by Gasteiger charge is 2.00. The van der Waals surface area contributed by atoms with Crippen LogP contribution in [0.1, 0.15) is 24.0 Å². The predicted octanol–water partition coefficient (Wildman–Crippen LogP) is 3.52. The normalized spacial score (nSPS) is 9.71. The lowest BCUT2D eigenvalue weighted by Gasteiger charge is -2.04. The molecule has 0 saturated carbocycles. The number of hydrogen-bond acceptors (Lipinski definition) is 2. The van der Waals surface area contributed by atoms with Gasteiger partial charge in [0.05, 0.1) is 6.54 Å². The van der Waals surface area contributed by atoms with Crippen LogP contribution in [0.25, 0.3) is 0 Å². The lowest BCUT2D eigenvalue weighted by atomic mass is 10.1. The van der Waals surface area contributed by atoms with Gasteiger partial charge in [-0.3, -0.25) is 4.79 Å². The van der Waals surface area contributed by atoms with E-state index in [0.29, 0.717) is 19.6 Å². The summed E-state index contributed by atoms with van der Waals surface area (Å²) in [6.45, 7) is 2.69. The Morgan fingerprint density at radius 1 is 1.04 bits per heavy atom. The molecule has 0 unspecified atom stereocenters. The van der Waals surface area contributed by atoms with Crippen LogP contribution in [-0.2, 0) is 11.2 Å². The average molecular weight is 321 g/mol. The van der Waals surface area contributed by atoms with Crippen LogP contribution in [0.5, 0.6) is 5.75 Å². The maximum Gasteiger partial charge on any atom is 0.220 e. The summed E-state index contributed by atoms with van der Waals surface area (Å²) in [5.41, 5.74) is 2.35. The van der Waals surface area contributed by atoms with Crippen molar-refractivity contribution in [3.05, 3.63) is 65.7 Å².